The number of hydrogen-bond acceptors (Lipinski definition) is 5. The largest absolute Gasteiger partial charge is 0.497 e. The van der Waals surface area contributed by atoms with Gasteiger partial charge in [0.15, 0.2) is 0 Å². The van der Waals surface area contributed by atoms with Gasteiger partial charge in [-0.15, -0.1) is 0 Å². The number of carbonyl (C=O) groups is 1. The van der Waals surface area contributed by atoms with E-state index in [4.69, 9.17) is 9.47 Å². The summed E-state index contributed by atoms with van der Waals surface area (Å²) in [5.74, 6) is 0.0701. The standard InChI is InChI=1S/C19H23NO5S/c1-4-25-19(21)18(13-15-7-9-16(24-3)10-8-15)20-26(22,23)17-11-5-14(2)6-12-17/h5-12,18,20H,4,13H2,1-3H3. The Balaban J connectivity index is 2.23. The van der Waals surface area contributed by atoms with Crippen LogP contribution in [0.1, 0.15) is 18.1 Å². The molecule has 7 heteroatoms. The molecule has 6 nitrogen and oxygen atoms in total. The van der Waals surface area contributed by atoms with Gasteiger partial charge in [-0.25, -0.2) is 8.42 Å². The number of ether oxygens (including phenoxy) is 2. The van der Waals surface area contributed by atoms with Gasteiger partial charge in [0.05, 0.1) is 18.6 Å². The molecule has 1 N–H and O–H groups in total. The minimum atomic E-state index is -3.85. The molecule has 0 aliphatic rings. The number of benzene rings is 2. The summed E-state index contributed by atoms with van der Waals surface area (Å²) in [6.07, 6.45) is 0.175. The molecule has 2 aromatic rings. The van der Waals surface area contributed by atoms with Crippen LogP contribution in [-0.2, 0) is 26.0 Å². The molecular weight excluding hydrogens is 354 g/mol. The highest BCUT2D eigenvalue weighted by Gasteiger charge is 2.27. The maximum absolute atomic E-state index is 12.6. The van der Waals surface area contributed by atoms with E-state index in [2.05, 4.69) is 4.72 Å². The second kappa shape index (κ2) is 8.82. The van der Waals surface area contributed by atoms with E-state index in [1.807, 2.05) is 6.92 Å². The molecule has 0 saturated carbocycles. The molecule has 0 spiro atoms. The molecule has 0 radical (unpaired) electrons. The Labute approximate surface area is 154 Å². The van der Waals surface area contributed by atoms with E-state index in [0.717, 1.165) is 11.1 Å². The number of esters is 1. The second-order valence-electron chi connectivity index (χ2n) is 5.79. The predicted molar refractivity (Wildman–Crippen MR) is 98.6 cm³/mol. The summed E-state index contributed by atoms with van der Waals surface area (Å²) < 4.78 is 37.8. The average molecular weight is 377 g/mol. The van der Waals surface area contributed by atoms with Gasteiger partial charge in [0, 0.05) is 0 Å². The average Bonchev–Trinajstić information content (AvgIpc) is 2.62. The lowest BCUT2D eigenvalue weighted by atomic mass is 10.1. The first-order valence-corrected chi connectivity index (χ1v) is 9.72. The normalized spacial score (nSPS) is 12.4. The number of aryl methyl sites for hydroxylation is 1. The van der Waals surface area contributed by atoms with Crippen molar-refractivity contribution in [3.63, 3.8) is 0 Å². The van der Waals surface area contributed by atoms with E-state index in [1.54, 1.807) is 50.4 Å². The summed E-state index contributed by atoms with van der Waals surface area (Å²) >= 11 is 0. The van der Waals surface area contributed by atoms with Crippen LogP contribution < -0.4 is 9.46 Å². The van der Waals surface area contributed by atoms with Crippen LogP contribution in [-0.4, -0.2) is 34.1 Å². The number of rotatable bonds is 8. The molecule has 0 saturated heterocycles. The van der Waals surface area contributed by atoms with Crippen molar-refractivity contribution in [1.29, 1.82) is 0 Å². The van der Waals surface area contributed by atoms with Gasteiger partial charge in [-0.3, -0.25) is 4.79 Å². The maximum Gasteiger partial charge on any atom is 0.324 e. The lowest BCUT2D eigenvalue weighted by Gasteiger charge is -2.18. The molecule has 26 heavy (non-hydrogen) atoms. The molecule has 0 aliphatic heterocycles. The minimum absolute atomic E-state index is 0.104. The molecule has 0 aliphatic carbocycles. The fourth-order valence-corrected chi connectivity index (χ4v) is 3.57. The molecular formula is C19H23NO5S. The molecule has 0 bridgehead atoms. The first-order valence-electron chi connectivity index (χ1n) is 8.24. The van der Waals surface area contributed by atoms with Gasteiger partial charge < -0.3 is 9.47 Å². The summed E-state index contributed by atoms with van der Waals surface area (Å²) in [7, 11) is -2.29. The summed E-state index contributed by atoms with van der Waals surface area (Å²) in [4.78, 5) is 12.4. The van der Waals surface area contributed by atoms with Crippen molar-refractivity contribution in [3.05, 3.63) is 59.7 Å². The third-order valence-electron chi connectivity index (χ3n) is 3.80. The second-order valence-corrected chi connectivity index (χ2v) is 7.51. The van der Waals surface area contributed by atoms with Gasteiger partial charge in [0.2, 0.25) is 10.0 Å². The van der Waals surface area contributed by atoms with Crippen molar-refractivity contribution in [1.82, 2.24) is 4.72 Å². The van der Waals surface area contributed by atoms with Crippen molar-refractivity contribution >= 4 is 16.0 Å². The Morgan fingerprint density at radius 2 is 1.69 bits per heavy atom. The predicted octanol–water partition coefficient (Wildman–Crippen LogP) is 2.46. The molecule has 1 atom stereocenters. The fraction of sp³-hybridized carbons (Fsp3) is 0.316. The van der Waals surface area contributed by atoms with Crippen molar-refractivity contribution < 1.29 is 22.7 Å². The van der Waals surface area contributed by atoms with Gasteiger partial charge >= 0.3 is 5.97 Å². The molecule has 0 heterocycles. The number of methoxy groups -OCH3 is 1. The number of hydrogen-bond donors (Lipinski definition) is 1. The van der Waals surface area contributed by atoms with Crippen molar-refractivity contribution in [3.8, 4) is 5.75 Å². The van der Waals surface area contributed by atoms with E-state index in [1.165, 1.54) is 12.1 Å². The van der Waals surface area contributed by atoms with Crippen LogP contribution >= 0.6 is 0 Å². The highest BCUT2D eigenvalue weighted by atomic mass is 32.2. The van der Waals surface area contributed by atoms with Gasteiger partial charge in [0.1, 0.15) is 11.8 Å². The van der Waals surface area contributed by atoms with E-state index < -0.39 is 22.0 Å². The zero-order valence-corrected chi connectivity index (χ0v) is 15.9. The fourth-order valence-electron chi connectivity index (χ4n) is 2.39. The first kappa shape index (κ1) is 19.9. The molecule has 0 aromatic heterocycles. The van der Waals surface area contributed by atoms with Crippen LogP contribution in [0.2, 0.25) is 0 Å². The number of sulfonamides is 1. The van der Waals surface area contributed by atoms with Crippen molar-refractivity contribution in [2.45, 2.75) is 31.2 Å². The van der Waals surface area contributed by atoms with E-state index in [0.29, 0.717) is 5.75 Å². The van der Waals surface area contributed by atoms with E-state index in [-0.39, 0.29) is 17.9 Å². The molecule has 2 aromatic carbocycles. The molecule has 2 rings (SSSR count). The zero-order chi connectivity index (χ0) is 19.2. The molecule has 0 fully saturated rings. The van der Waals surface area contributed by atoms with Crippen LogP contribution in [0.25, 0.3) is 0 Å². The van der Waals surface area contributed by atoms with Crippen LogP contribution in [0.5, 0.6) is 5.75 Å². The smallest absolute Gasteiger partial charge is 0.324 e. The van der Waals surface area contributed by atoms with Gasteiger partial charge in [0.25, 0.3) is 0 Å². The maximum atomic E-state index is 12.6. The van der Waals surface area contributed by atoms with Crippen LogP contribution in [0.3, 0.4) is 0 Å². The van der Waals surface area contributed by atoms with Crippen LogP contribution in [0.4, 0.5) is 0 Å². The summed E-state index contributed by atoms with van der Waals surface area (Å²) in [5, 5.41) is 0. The van der Waals surface area contributed by atoms with Gasteiger partial charge in [-0.2, -0.15) is 4.72 Å². The molecule has 140 valence electrons. The first-order chi connectivity index (χ1) is 12.4. The summed E-state index contributed by atoms with van der Waals surface area (Å²) in [5.41, 5.74) is 1.74. The zero-order valence-electron chi connectivity index (χ0n) is 15.1. The molecule has 0 amide bonds. The Bertz CT molecular complexity index is 829. The Morgan fingerprint density at radius 1 is 1.08 bits per heavy atom. The number of carbonyl (C=O) groups excluding carboxylic acids is 1. The Kier molecular flexibility index (Phi) is 6.76. The highest BCUT2D eigenvalue weighted by Crippen LogP contribution is 2.15. The van der Waals surface area contributed by atoms with E-state index in [9.17, 15) is 13.2 Å². The minimum Gasteiger partial charge on any atom is -0.497 e. The van der Waals surface area contributed by atoms with Gasteiger partial charge in [-0.1, -0.05) is 29.8 Å². The third kappa shape index (κ3) is 5.31. The van der Waals surface area contributed by atoms with Crippen LogP contribution in [0, 0.1) is 6.92 Å². The summed E-state index contributed by atoms with van der Waals surface area (Å²) in [6, 6.07) is 12.5. The topological polar surface area (TPSA) is 81.7 Å². The van der Waals surface area contributed by atoms with Gasteiger partial charge in [-0.05, 0) is 50.1 Å². The Morgan fingerprint density at radius 3 is 2.23 bits per heavy atom. The third-order valence-corrected chi connectivity index (χ3v) is 5.29. The number of nitrogens with one attached hydrogen (secondary N) is 1. The Hall–Kier alpha value is -2.38. The van der Waals surface area contributed by atoms with Crippen molar-refractivity contribution in [2.75, 3.05) is 13.7 Å². The SMILES string of the molecule is CCOC(=O)C(Cc1ccc(OC)cc1)NS(=O)(=O)c1ccc(C)cc1. The monoisotopic (exact) mass is 377 g/mol. The quantitative estimate of drug-likeness (QED) is 0.715. The highest BCUT2D eigenvalue weighted by molar-refractivity contribution is 7.89. The molecule has 1 unspecified atom stereocenters. The summed E-state index contributed by atoms with van der Waals surface area (Å²) in [6.45, 7) is 3.72. The van der Waals surface area contributed by atoms with Crippen LogP contribution in [0.15, 0.2) is 53.4 Å². The lowest BCUT2D eigenvalue weighted by Crippen LogP contribution is -2.43. The van der Waals surface area contributed by atoms with Crippen molar-refractivity contribution in [2.24, 2.45) is 0 Å². The lowest BCUT2D eigenvalue weighted by molar-refractivity contribution is -0.145. The van der Waals surface area contributed by atoms with E-state index >= 15 is 0 Å².